The molecule has 0 aliphatic rings. The number of esters is 1. The van der Waals surface area contributed by atoms with E-state index in [-0.39, 0.29) is 11.7 Å². The molecule has 17 heavy (non-hydrogen) atoms. The SMILES string of the molecule is COC(=O)c1cccc(C(=O)CCBr)c1CCl. The van der Waals surface area contributed by atoms with Gasteiger partial charge in [0.25, 0.3) is 0 Å². The van der Waals surface area contributed by atoms with E-state index in [1.807, 2.05) is 0 Å². The number of halogens is 2. The van der Waals surface area contributed by atoms with Gasteiger partial charge in [-0.15, -0.1) is 11.6 Å². The van der Waals surface area contributed by atoms with Crippen molar-refractivity contribution in [2.75, 3.05) is 12.4 Å². The number of hydrogen-bond donors (Lipinski definition) is 0. The molecule has 0 N–H and O–H groups in total. The Balaban J connectivity index is 3.23. The first-order chi connectivity index (χ1) is 8.15. The van der Waals surface area contributed by atoms with Gasteiger partial charge < -0.3 is 4.74 Å². The minimum absolute atomic E-state index is 0.0386. The fraction of sp³-hybridized carbons (Fsp3) is 0.333. The first kappa shape index (κ1) is 14.2. The lowest BCUT2D eigenvalue weighted by atomic mass is 9.98. The highest BCUT2D eigenvalue weighted by Gasteiger charge is 2.18. The fourth-order valence-electron chi connectivity index (χ4n) is 1.51. The summed E-state index contributed by atoms with van der Waals surface area (Å²) in [5.74, 6) is -0.410. The zero-order chi connectivity index (χ0) is 12.8. The Morgan fingerprint density at radius 1 is 1.35 bits per heavy atom. The van der Waals surface area contributed by atoms with Gasteiger partial charge in [0.2, 0.25) is 0 Å². The smallest absolute Gasteiger partial charge is 0.338 e. The summed E-state index contributed by atoms with van der Waals surface area (Å²) in [5.41, 5.74) is 1.37. The van der Waals surface area contributed by atoms with E-state index in [2.05, 4.69) is 20.7 Å². The van der Waals surface area contributed by atoms with E-state index in [1.165, 1.54) is 7.11 Å². The molecule has 0 unspecified atom stereocenters. The second-order valence-corrected chi connectivity index (χ2v) is 4.38. The van der Waals surface area contributed by atoms with E-state index in [1.54, 1.807) is 18.2 Å². The number of Topliss-reactive ketones (excluding diaryl/α,β-unsaturated/α-hetero) is 1. The maximum absolute atomic E-state index is 11.8. The van der Waals surface area contributed by atoms with Crippen LogP contribution in [0.1, 0.15) is 32.7 Å². The topological polar surface area (TPSA) is 43.4 Å². The number of benzene rings is 1. The van der Waals surface area contributed by atoms with Crippen molar-refractivity contribution in [3.8, 4) is 0 Å². The van der Waals surface area contributed by atoms with Crippen molar-refractivity contribution in [2.24, 2.45) is 0 Å². The van der Waals surface area contributed by atoms with Crippen LogP contribution in [-0.2, 0) is 10.6 Å². The molecular weight excluding hydrogens is 307 g/mol. The molecule has 0 fully saturated rings. The molecule has 0 atom stereocenters. The third-order valence-corrected chi connectivity index (χ3v) is 3.00. The number of hydrogen-bond acceptors (Lipinski definition) is 3. The Morgan fingerprint density at radius 2 is 2.00 bits per heavy atom. The second-order valence-electron chi connectivity index (χ2n) is 3.32. The molecule has 1 rings (SSSR count). The summed E-state index contributed by atoms with van der Waals surface area (Å²) in [5, 5.41) is 0.579. The molecule has 0 saturated heterocycles. The maximum Gasteiger partial charge on any atom is 0.338 e. The van der Waals surface area contributed by atoms with Crippen LogP contribution >= 0.6 is 27.5 Å². The van der Waals surface area contributed by atoms with Gasteiger partial charge in [-0.25, -0.2) is 4.79 Å². The van der Waals surface area contributed by atoms with E-state index < -0.39 is 5.97 Å². The van der Waals surface area contributed by atoms with Crippen LogP contribution in [-0.4, -0.2) is 24.2 Å². The molecule has 0 aliphatic carbocycles. The van der Waals surface area contributed by atoms with Crippen molar-refractivity contribution in [1.82, 2.24) is 0 Å². The molecule has 92 valence electrons. The monoisotopic (exact) mass is 318 g/mol. The standard InChI is InChI=1S/C12H12BrClO3/c1-17-12(16)9-4-2-3-8(10(9)7-14)11(15)5-6-13/h2-4H,5-7H2,1H3. The second kappa shape index (κ2) is 6.77. The van der Waals surface area contributed by atoms with Crippen LogP contribution in [0.4, 0.5) is 0 Å². The summed E-state index contributed by atoms with van der Waals surface area (Å²) in [6.45, 7) is 0. The van der Waals surface area contributed by atoms with Crippen molar-refractivity contribution in [2.45, 2.75) is 12.3 Å². The van der Waals surface area contributed by atoms with Crippen molar-refractivity contribution in [1.29, 1.82) is 0 Å². The molecule has 1 aromatic carbocycles. The van der Waals surface area contributed by atoms with Crippen molar-refractivity contribution < 1.29 is 14.3 Å². The van der Waals surface area contributed by atoms with Crippen LogP contribution in [0.5, 0.6) is 0 Å². The molecule has 0 saturated carbocycles. The average Bonchev–Trinajstić information content (AvgIpc) is 2.37. The normalized spacial score (nSPS) is 10.1. The molecule has 0 aromatic heterocycles. The lowest BCUT2D eigenvalue weighted by molar-refractivity contribution is 0.0600. The lowest BCUT2D eigenvalue weighted by Crippen LogP contribution is -2.11. The highest BCUT2D eigenvalue weighted by molar-refractivity contribution is 9.09. The van der Waals surface area contributed by atoms with Crippen molar-refractivity contribution >= 4 is 39.3 Å². The fourth-order valence-corrected chi connectivity index (χ4v) is 2.16. The maximum atomic E-state index is 11.8. The third-order valence-electron chi connectivity index (χ3n) is 2.34. The number of rotatable bonds is 5. The molecule has 0 aliphatic heterocycles. The summed E-state index contributed by atoms with van der Waals surface area (Å²) >= 11 is 9.02. The van der Waals surface area contributed by atoms with Crippen molar-refractivity contribution in [3.05, 3.63) is 34.9 Å². The highest BCUT2D eigenvalue weighted by Crippen LogP contribution is 2.20. The predicted octanol–water partition coefficient (Wildman–Crippen LogP) is 3.18. The van der Waals surface area contributed by atoms with Gasteiger partial charge in [0.05, 0.1) is 12.7 Å². The van der Waals surface area contributed by atoms with Gasteiger partial charge in [-0.2, -0.15) is 0 Å². The van der Waals surface area contributed by atoms with Gasteiger partial charge in [0, 0.05) is 23.2 Å². The van der Waals surface area contributed by atoms with Crippen LogP contribution < -0.4 is 0 Å². The first-order valence-electron chi connectivity index (χ1n) is 5.01. The van der Waals surface area contributed by atoms with Crippen molar-refractivity contribution in [3.63, 3.8) is 0 Å². The molecule has 0 heterocycles. The number of carbonyl (C=O) groups is 2. The van der Waals surface area contributed by atoms with E-state index in [0.29, 0.717) is 28.4 Å². The third kappa shape index (κ3) is 3.30. The van der Waals surface area contributed by atoms with E-state index in [4.69, 9.17) is 11.6 Å². The van der Waals surface area contributed by atoms with Gasteiger partial charge in [-0.05, 0) is 11.6 Å². The first-order valence-corrected chi connectivity index (χ1v) is 6.66. The Morgan fingerprint density at radius 3 is 2.53 bits per heavy atom. The van der Waals surface area contributed by atoms with E-state index in [0.717, 1.165) is 0 Å². The molecule has 5 heteroatoms. The quantitative estimate of drug-likeness (QED) is 0.475. The van der Waals surface area contributed by atoms with Gasteiger partial charge in [0.15, 0.2) is 5.78 Å². The van der Waals surface area contributed by atoms with Crippen LogP contribution in [0.15, 0.2) is 18.2 Å². The summed E-state index contributed by atoms with van der Waals surface area (Å²) < 4.78 is 4.66. The molecule has 0 amide bonds. The zero-order valence-corrected chi connectivity index (χ0v) is 11.7. The summed E-state index contributed by atoms with van der Waals surface area (Å²) in [7, 11) is 1.30. The molecule has 0 bridgehead atoms. The Kier molecular flexibility index (Phi) is 5.65. The summed E-state index contributed by atoms with van der Waals surface area (Å²) in [6.07, 6.45) is 0.370. The summed E-state index contributed by atoms with van der Waals surface area (Å²) in [4.78, 5) is 23.4. The Bertz CT molecular complexity index is 432. The largest absolute Gasteiger partial charge is 0.465 e. The molecule has 3 nitrogen and oxygen atoms in total. The summed E-state index contributed by atoms with van der Waals surface area (Å²) in [6, 6.07) is 4.94. The molecule has 1 aromatic rings. The predicted molar refractivity (Wildman–Crippen MR) is 70.1 cm³/mol. The van der Waals surface area contributed by atoms with Crippen LogP contribution in [0.2, 0.25) is 0 Å². The minimum Gasteiger partial charge on any atom is -0.465 e. The van der Waals surface area contributed by atoms with Gasteiger partial charge in [-0.1, -0.05) is 28.1 Å². The van der Waals surface area contributed by atoms with E-state index in [9.17, 15) is 9.59 Å². The number of alkyl halides is 2. The Hall–Kier alpha value is -0.870. The zero-order valence-electron chi connectivity index (χ0n) is 9.33. The Labute approximate surface area is 113 Å². The van der Waals surface area contributed by atoms with E-state index >= 15 is 0 Å². The van der Waals surface area contributed by atoms with Gasteiger partial charge >= 0.3 is 5.97 Å². The van der Waals surface area contributed by atoms with Gasteiger partial charge in [-0.3, -0.25) is 4.79 Å². The highest BCUT2D eigenvalue weighted by atomic mass is 79.9. The minimum atomic E-state index is -0.478. The van der Waals surface area contributed by atoms with Gasteiger partial charge in [0.1, 0.15) is 0 Å². The average molecular weight is 320 g/mol. The number of carbonyl (C=O) groups excluding carboxylic acids is 2. The number of ether oxygens (including phenoxy) is 1. The van der Waals surface area contributed by atoms with Crippen LogP contribution in [0.25, 0.3) is 0 Å². The molecule has 0 radical (unpaired) electrons. The lowest BCUT2D eigenvalue weighted by Gasteiger charge is -2.10. The molecular formula is C12H12BrClO3. The number of ketones is 1. The van der Waals surface area contributed by atoms with Crippen LogP contribution in [0.3, 0.4) is 0 Å². The molecule has 0 spiro atoms. The number of methoxy groups -OCH3 is 1. The van der Waals surface area contributed by atoms with Crippen LogP contribution in [0, 0.1) is 0 Å².